The van der Waals surface area contributed by atoms with Crippen molar-refractivity contribution in [2.75, 3.05) is 7.05 Å². The Balaban J connectivity index is 1.01. The van der Waals surface area contributed by atoms with E-state index in [4.69, 9.17) is 14.4 Å². The third-order valence-corrected chi connectivity index (χ3v) is 13.5. The molecule has 6 heteroatoms. The quantitative estimate of drug-likeness (QED) is 0.174. The lowest BCUT2D eigenvalue weighted by molar-refractivity contribution is 0.385. The first-order valence-corrected chi connectivity index (χ1v) is 21.8. The molecule has 0 saturated carbocycles. The number of nitrogens with zero attached hydrogens (tertiary/aromatic N) is 5. The zero-order chi connectivity index (χ0) is 42.0. The van der Waals surface area contributed by atoms with Crippen molar-refractivity contribution in [3.63, 3.8) is 0 Å². The number of aliphatic imine (C=N–C) groups is 2. The molecule has 0 saturated heterocycles. The molecular weight excluding hydrogens is 783 g/mol. The molecule has 0 radical (unpaired) electrons. The van der Waals surface area contributed by atoms with E-state index in [9.17, 15) is 0 Å². The van der Waals surface area contributed by atoms with Gasteiger partial charge in [0.15, 0.2) is 17.6 Å². The smallest absolute Gasteiger partial charge is 0.159 e. The van der Waals surface area contributed by atoms with E-state index in [0.717, 1.165) is 66.7 Å². The average Bonchev–Trinajstić information content (AvgIpc) is 4.10. The summed E-state index contributed by atoms with van der Waals surface area (Å²) >= 11 is 0. The van der Waals surface area contributed by atoms with Gasteiger partial charge in [0, 0.05) is 66.8 Å². The lowest BCUT2D eigenvalue weighted by Crippen LogP contribution is -2.35. The first-order chi connectivity index (χ1) is 31.7. The molecule has 0 fully saturated rings. The van der Waals surface area contributed by atoms with Gasteiger partial charge in [0.05, 0.1) is 33.3 Å². The third-order valence-electron chi connectivity index (χ3n) is 13.5. The number of furan rings is 1. The van der Waals surface area contributed by atoms with Crippen molar-refractivity contribution in [2.24, 2.45) is 9.98 Å². The molecule has 1 aliphatic rings. The van der Waals surface area contributed by atoms with Crippen molar-refractivity contribution < 1.29 is 4.42 Å². The van der Waals surface area contributed by atoms with E-state index in [0.29, 0.717) is 5.84 Å². The summed E-state index contributed by atoms with van der Waals surface area (Å²) in [6, 6.07) is 71.5. The van der Waals surface area contributed by atoms with Crippen molar-refractivity contribution in [3.8, 4) is 16.8 Å². The van der Waals surface area contributed by atoms with E-state index in [-0.39, 0.29) is 0 Å². The molecule has 0 aliphatic carbocycles. The van der Waals surface area contributed by atoms with Crippen LogP contribution in [0, 0.1) is 0 Å². The van der Waals surface area contributed by atoms with E-state index in [1.165, 1.54) is 54.4 Å². The van der Waals surface area contributed by atoms with Crippen molar-refractivity contribution in [1.29, 1.82) is 0 Å². The molecule has 4 aromatic heterocycles. The highest BCUT2D eigenvalue weighted by Crippen LogP contribution is 2.46. The number of benzene rings is 9. The number of amidine groups is 2. The molecule has 6 nitrogen and oxygen atoms in total. The summed E-state index contributed by atoms with van der Waals surface area (Å²) in [5, 5.41) is 9.58. The van der Waals surface area contributed by atoms with Crippen molar-refractivity contribution in [3.05, 3.63) is 217 Å². The maximum Gasteiger partial charge on any atom is 0.159 e. The highest BCUT2D eigenvalue weighted by molar-refractivity contribution is 6.26. The molecule has 13 aromatic rings. The zero-order valence-corrected chi connectivity index (χ0v) is 34.8. The Kier molecular flexibility index (Phi) is 7.28. The molecule has 9 aromatic carbocycles. The minimum absolute atomic E-state index is 0.404. The largest absolute Gasteiger partial charge is 0.454 e. The second-order valence-electron chi connectivity index (χ2n) is 17.0. The van der Waals surface area contributed by atoms with Gasteiger partial charge in [-0.1, -0.05) is 164 Å². The van der Waals surface area contributed by atoms with Crippen LogP contribution in [0.25, 0.3) is 98.7 Å². The number of fused-ring (bicyclic) bond motifs is 12. The van der Waals surface area contributed by atoms with Crippen molar-refractivity contribution >= 4 is 93.5 Å². The zero-order valence-electron chi connectivity index (χ0n) is 34.8. The second kappa shape index (κ2) is 13.3. The Bertz CT molecular complexity index is 4080. The van der Waals surface area contributed by atoms with E-state index < -0.39 is 6.17 Å². The monoisotopic (exact) mass is 819 g/mol. The van der Waals surface area contributed by atoms with Crippen LogP contribution in [0.3, 0.4) is 0 Å². The summed E-state index contributed by atoms with van der Waals surface area (Å²) in [6.07, 6.45) is -0.404. The summed E-state index contributed by atoms with van der Waals surface area (Å²) < 4.78 is 11.9. The molecule has 1 atom stereocenters. The van der Waals surface area contributed by atoms with Gasteiger partial charge in [-0.3, -0.25) is 0 Å². The van der Waals surface area contributed by atoms with Crippen LogP contribution in [-0.4, -0.2) is 32.6 Å². The Labute approximate surface area is 367 Å². The maximum absolute atomic E-state index is 7.06. The first-order valence-electron chi connectivity index (χ1n) is 21.8. The van der Waals surface area contributed by atoms with Gasteiger partial charge in [-0.25, -0.2) is 9.98 Å². The normalized spacial score (nSPS) is 14.6. The Hall–Kier alpha value is -8.48. The molecule has 0 spiro atoms. The molecule has 0 amide bonds. The lowest BCUT2D eigenvalue weighted by atomic mass is 10.00. The molecular formula is C58H37N5O. The van der Waals surface area contributed by atoms with Crippen molar-refractivity contribution in [1.82, 2.24) is 13.9 Å². The minimum atomic E-state index is -0.404. The standard InChI is InChI=1S/C58H37N5O/c1-61-57(38-29-27-36(28-30-38)35-15-4-2-5-16-35)59-56(37-17-6-3-7-18-37)60-58(61)44-31-32-49(55-53(44)43-21-10-13-26-52(43)64-55)62-47-24-11-9-20-40(47)45-33-46-42-23-14-22-41-39-19-8-12-25-48(39)63(54(41)42)51(46)34-50(45)62/h2-34,58H,1H3. The summed E-state index contributed by atoms with van der Waals surface area (Å²) in [5.41, 5.74) is 13.9. The number of hydrogen-bond donors (Lipinski definition) is 0. The van der Waals surface area contributed by atoms with Crippen LogP contribution < -0.4 is 0 Å². The van der Waals surface area contributed by atoms with Gasteiger partial charge in [-0.15, -0.1) is 0 Å². The predicted molar refractivity (Wildman–Crippen MR) is 265 cm³/mol. The number of aromatic nitrogens is 2. The van der Waals surface area contributed by atoms with Crippen molar-refractivity contribution in [2.45, 2.75) is 6.17 Å². The van der Waals surface area contributed by atoms with E-state index >= 15 is 0 Å². The Morgan fingerprint density at radius 2 is 1.05 bits per heavy atom. The van der Waals surface area contributed by atoms with Crippen LogP contribution in [0.1, 0.15) is 22.9 Å². The SMILES string of the molecule is CN1C(c2ccc(-c3ccccc3)cc2)=NC(c2ccccc2)=NC1c1ccc(-n2c3ccccc3c3cc4c5cccc6c7ccccc7n(c4cc32)c65)c2oc3ccccc3c12. The average molecular weight is 820 g/mol. The summed E-state index contributed by atoms with van der Waals surface area (Å²) in [7, 11) is 2.11. The van der Waals surface area contributed by atoms with Crippen LogP contribution in [0.2, 0.25) is 0 Å². The minimum Gasteiger partial charge on any atom is -0.454 e. The molecule has 0 bridgehead atoms. The van der Waals surface area contributed by atoms with Gasteiger partial charge in [-0.05, 0) is 47.5 Å². The number of hydrogen-bond acceptors (Lipinski definition) is 4. The molecule has 300 valence electrons. The first kappa shape index (κ1) is 35.2. The van der Waals surface area contributed by atoms with E-state index in [2.05, 4.69) is 203 Å². The summed E-state index contributed by atoms with van der Waals surface area (Å²) in [4.78, 5) is 13.0. The summed E-state index contributed by atoms with van der Waals surface area (Å²) in [5.74, 6) is 1.55. The van der Waals surface area contributed by atoms with Crippen LogP contribution in [-0.2, 0) is 0 Å². The van der Waals surface area contributed by atoms with E-state index in [1.54, 1.807) is 0 Å². The fraction of sp³-hybridized carbons (Fsp3) is 0.0345. The fourth-order valence-electron chi connectivity index (χ4n) is 10.6. The maximum atomic E-state index is 7.06. The van der Waals surface area contributed by atoms with Gasteiger partial charge in [0.2, 0.25) is 0 Å². The predicted octanol–water partition coefficient (Wildman–Crippen LogP) is 14.3. The Morgan fingerprint density at radius 3 is 1.83 bits per heavy atom. The van der Waals surface area contributed by atoms with Gasteiger partial charge in [-0.2, -0.15) is 0 Å². The van der Waals surface area contributed by atoms with Gasteiger partial charge in [0.25, 0.3) is 0 Å². The van der Waals surface area contributed by atoms with Gasteiger partial charge >= 0.3 is 0 Å². The van der Waals surface area contributed by atoms with E-state index in [1.807, 2.05) is 18.2 Å². The topological polar surface area (TPSA) is 50.4 Å². The molecule has 1 unspecified atom stereocenters. The van der Waals surface area contributed by atoms with Crippen LogP contribution in [0.15, 0.2) is 215 Å². The highest BCUT2D eigenvalue weighted by atomic mass is 16.3. The number of para-hydroxylation sites is 4. The number of rotatable bonds is 5. The fourth-order valence-corrected chi connectivity index (χ4v) is 10.6. The molecule has 64 heavy (non-hydrogen) atoms. The third kappa shape index (κ3) is 4.90. The second-order valence-corrected chi connectivity index (χ2v) is 17.0. The lowest BCUT2D eigenvalue weighted by Gasteiger charge is -2.33. The molecule has 14 rings (SSSR count). The summed E-state index contributed by atoms with van der Waals surface area (Å²) in [6.45, 7) is 0. The van der Waals surface area contributed by atoms with Crippen LogP contribution in [0.4, 0.5) is 0 Å². The molecule has 5 heterocycles. The van der Waals surface area contributed by atoms with Gasteiger partial charge in [0.1, 0.15) is 11.4 Å². The molecule has 1 aliphatic heterocycles. The Morgan fingerprint density at radius 1 is 0.453 bits per heavy atom. The molecule has 0 N–H and O–H groups in total. The highest BCUT2D eigenvalue weighted by Gasteiger charge is 2.31. The van der Waals surface area contributed by atoms with Crippen LogP contribution >= 0.6 is 0 Å². The van der Waals surface area contributed by atoms with Gasteiger partial charge < -0.3 is 18.3 Å². The van der Waals surface area contributed by atoms with Crippen LogP contribution in [0.5, 0.6) is 0 Å².